The molecule has 0 aromatic carbocycles. The van der Waals surface area contributed by atoms with Crippen molar-refractivity contribution in [2.24, 2.45) is 0 Å². The van der Waals surface area contributed by atoms with Crippen molar-refractivity contribution in [1.29, 1.82) is 0 Å². The van der Waals surface area contributed by atoms with Gasteiger partial charge in [0.25, 0.3) is 0 Å². The zero-order valence-electron chi connectivity index (χ0n) is 4.06. The fraction of sp³-hybridized carbons (Fsp3) is 0.400. The lowest BCUT2D eigenvalue weighted by atomic mass is 10.3. The second kappa shape index (κ2) is 2.64. The summed E-state index contributed by atoms with van der Waals surface area (Å²) in [7, 11) is 0. The van der Waals surface area contributed by atoms with Gasteiger partial charge in [0.1, 0.15) is 6.29 Å². The van der Waals surface area contributed by atoms with Gasteiger partial charge in [0.05, 0.1) is 0 Å². The Bertz CT molecular complexity index is 72.0. The molecule has 0 unspecified atom stereocenters. The molecule has 0 rings (SSSR count). The number of carbonyl (C=O) groups excluding carboxylic acids is 1. The largest absolute Gasteiger partial charge is 0.298 e. The fourth-order valence-electron chi connectivity index (χ4n) is 0.0680. The van der Waals surface area contributed by atoms with Gasteiger partial charge in [0.2, 0.25) is 0 Å². The Hall–Kier alpha value is -0.590. The predicted molar refractivity (Wildman–Crippen MR) is 25.5 cm³/mol. The Morgan fingerprint density at radius 1 is 1.67 bits per heavy atom. The van der Waals surface area contributed by atoms with Crippen molar-refractivity contribution in [2.45, 2.75) is 13.8 Å². The Kier molecular flexibility index (Phi) is 2.38. The molecule has 34 valence electrons. The first-order chi connectivity index (χ1) is 2.81. The van der Waals surface area contributed by atoms with Crippen molar-refractivity contribution < 1.29 is 4.79 Å². The van der Waals surface area contributed by atoms with E-state index in [-0.39, 0.29) is 0 Å². The monoisotopic (exact) mass is 84.1 g/mol. The van der Waals surface area contributed by atoms with Gasteiger partial charge in [0, 0.05) is 0 Å². The summed E-state index contributed by atoms with van der Waals surface area (Å²) in [5.74, 6) is 0. The molecular weight excluding hydrogens is 76.1 g/mol. The molecule has 0 spiro atoms. The van der Waals surface area contributed by atoms with Crippen LogP contribution in [0.25, 0.3) is 0 Å². The van der Waals surface area contributed by atoms with Gasteiger partial charge in [-0.1, -0.05) is 6.08 Å². The molecule has 0 aliphatic heterocycles. The maximum atomic E-state index is 9.67. The predicted octanol–water partition coefficient (Wildman–Crippen LogP) is 1.15. The maximum absolute atomic E-state index is 9.67. The van der Waals surface area contributed by atoms with E-state index in [1.54, 1.807) is 13.0 Å². The standard InChI is InChI=1S/C5H8O/c1-3-5(2)4-6/h3-4H,1-2H3/b5-3-. The molecule has 0 aromatic heterocycles. The number of hydrogen-bond acceptors (Lipinski definition) is 1. The van der Waals surface area contributed by atoms with Crippen LogP contribution in [-0.2, 0) is 4.79 Å². The Balaban J connectivity index is 3.50. The minimum Gasteiger partial charge on any atom is -0.298 e. The Labute approximate surface area is 37.7 Å². The molecule has 0 aliphatic carbocycles. The van der Waals surface area contributed by atoms with E-state index >= 15 is 0 Å². The normalized spacial score (nSPS) is 11.3. The smallest absolute Gasteiger partial charge is 0.145 e. The van der Waals surface area contributed by atoms with Crippen LogP contribution in [-0.4, -0.2) is 6.29 Å². The van der Waals surface area contributed by atoms with Crippen molar-refractivity contribution >= 4 is 6.29 Å². The summed E-state index contributed by atoms with van der Waals surface area (Å²) < 4.78 is 0. The Morgan fingerprint density at radius 3 is 2.17 bits per heavy atom. The number of aldehydes is 1. The van der Waals surface area contributed by atoms with E-state index in [1.165, 1.54) is 0 Å². The van der Waals surface area contributed by atoms with E-state index in [9.17, 15) is 4.79 Å². The second-order valence-electron chi connectivity index (χ2n) is 1.15. The van der Waals surface area contributed by atoms with Gasteiger partial charge in [-0.15, -0.1) is 0 Å². The number of allylic oxidation sites excluding steroid dienone is 2. The van der Waals surface area contributed by atoms with Crippen LogP contribution in [0.5, 0.6) is 0 Å². The van der Waals surface area contributed by atoms with Crippen LogP contribution in [0.15, 0.2) is 11.6 Å². The molecule has 0 N–H and O–H groups in total. The van der Waals surface area contributed by atoms with Crippen molar-refractivity contribution in [3.63, 3.8) is 0 Å². The maximum Gasteiger partial charge on any atom is 0.145 e. The molecule has 0 bridgehead atoms. The van der Waals surface area contributed by atoms with Gasteiger partial charge < -0.3 is 0 Å². The van der Waals surface area contributed by atoms with Crippen LogP contribution < -0.4 is 0 Å². The van der Waals surface area contributed by atoms with Crippen molar-refractivity contribution in [3.05, 3.63) is 11.6 Å². The highest BCUT2D eigenvalue weighted by molar-refractivity contribution is 5.71. The van der Waals surface area contributed by atoms with Gasteiger partial charge in [0.15, 0.2) is 0 Å². The van der Waals surface area contributed by atoms with Crippen LogP contribution >= 0.6 is 0 Å². The minimum atomic E-state index is 0.787. The van der Waals surface area contributed by atoms with Gasteiger partial charge >= 0.3 is 0 Å². The van der Waals surface area contributed by atoms with Crippen LogP contribution in [0, 0.1) is 0 Å². The SMILES string of the molecule is C/C=C(/C)C=O. The molecule has 0 aliphatic rings. The average Bonchev–Trinajstić information content (AvgIpc) is 1.65. The number of hydrogen-bond donors (Lipinski definition) is 0. The van der Waals surface area contributed by atoms with Gasteiger partial charge in [-0.25, -0.2) is 0 Å². The zero-order chi connectivity index (χ0) is 4.99. The van der Waals surface area contributed by atoms with Crippen molar-refractivity contribution in [3.8, 4) is 0 Å². The molecular formula is C5H8O. The van der Waals surface area contributed by atoms with E-state index in [1.807, 2.05) is 6.92 Å². The summed E-state index contributed by atoms with van der Waals surface area (Å²) in [6.45, 7) is 3.61. The summed E-state index contributed by atoms with van der Waals surface area (Å²) >= 11 is 0. The molecule has 0 saturated heterocycles. The second-order valence-corrected chi connectivity index (χ2v) is 1.15. The third-order valence-electron chi connectivity index (χ3n) is 0.641. The lowest BCUT2D eigenvalue weighted by molar-refractivity contribution is -0.104. The number of rotatable bonds is 1. The van der Waals surface area contributed by atoms with Crippen molar-refractivity contribution in [2.75, 3.05) is 0 Å². The molecule has 0 fully saturated rings. The summed E-state index contributed by atoms with van der Waals surface area (Å²) in [4.78, 5) is 9.67. The topological polar surface area (TPSA) is 17.1 Å². The zero-order valence-corrected chi connectivity index (χ0v) is 4.06. The lowest BCUT2D eigenvalue weighted by Gasteiger charge is -1.73. The quantitative estimate of drug-likeness (QED) is 0.344. The summed E-state index contributed by atoms with van der Waals surface area (Å²) in [6, 6.07) is 0. The third kappa shape index (κ3) is 1.70. The van der Waals surface area contributed by atoms with Crippen LogP contribution in [0.1, 0.15) is 13.8 Å². The Morgan fingerprint density at radius 2 is 2.17 bits per heavy atom. The number of carbonyl (C=O) groups is 1. The first-order valence-corrected chi connectivity index (χ1v) is 1.89. The summed E-state index contributed by atoms with van der Waals surface area (Å²) in [5.41, 5.74) is 0.787. The molecule has 0 heterocycles. The molecule has 1 nitrogen and oxygen atoms in total. The first kappa shape index (κ1) is 5.41. The van der Waals surface area contributed by atoms with E-state index in [0.717, 1.165) is 11.9 Å². The minimum absolute atomic E-state index is 0.787. The van der Waals surface area contributed by atoms with E-state index < -0.39 is 0 Å². The van der Waals surface area contributed by atoms with Gasteiger partial charge in [-0.05, 0) is 19.4 Å². The molecule has 0 saturated carbocycles. The molecule has 0 amide bonds. The van der Waals surface area contributed by atoms with E-state index in [2.05, 4.69) is 0 Å². The summed E-state index contributed by atoms with van der Waals surface area (Å²) in [6.07, 6.45) is 2.60. The highest BCUT2D eigenvalue weighted by Crippen LogP contribution is 1.80. The van der Waals surface area contributed by atoms with Gasteiger partial charge in [-0.2, -0.15) is 0 Å². The molecule has 6 heavy (non-hydrogen) atoms. The average molecular weight is 84.1 g/mol. The third-order valence-corrected chi connectivity index (χ3v) is 0.641. The molecule has 0 atom stereocenters. The van der Waals surface area contributed by atoms with E-state index in [4.69, 9.17) is 0 Å². The molecule has 0 radical (unpaired) electrons. The highest BCUT2D eigenvalue weighted by Gasteiger charge is 1.72. The van der Waals surface area contributed by atoms with Crippen molar-refractivity contribution in [1.82, 2.24) is 0 Å². The van der Waals surface area contributed by atoms with Gasteiger partial charge in [-0.3, -0.25) is 4.79 Å². The summed E-state index contributed by atoms with van der Waals surface area (Å²) in [5, 5.41) is 0. The fourth-order valence-corrected chi connectivity index (χ4v) is 0.0680. The van der Waals surface area contributed by atoms with E-state index in [0.29, 0.717) is 0 Å². The molecule has 1 heteroatoms. The lowest BCUT2D eigenvalue weighted by Crippen LogP contribution is -1.69. The first-order valence-electron chi connectivity index (χ1n) is 1.89. The molecule has 0 aromatic rings. The van der Waals surface area contributed by atoms with Crippen LogP contribution in [0.3, 0.4) is 0 Å². The highest BCUT2D eigenvalue weighted by atomic mass is 16.1. The van der Waals surface area contributed by atoms with Crippen LogP contribution in [0.4, 0.5) is 0 Å². The van der Waals surface area contributed by atoms with Crippen LogP contribution in [0.2, 0.25) is 0 Å².